The molecule has 0 radical (unpaired) electrons. The van der Waals surface area contributed by atoms with Gasteiger partial charge in [0.1, 0.15) is 5.54 Å². The molecule has 1 saturated carbocycles. The average molecular weight is 279 g/mol. The highest BCUT2D eigenvalue weighted by Crippen LogP contribution is 2.27. The zero-order valence-electron chi connectivity index (χ0n) is 14.1. The highest BCUT2D eigenvalue weighted by molar-refractivity contribution is 5.04. The molecule has 0 aliphatic heterocycles. The van der Waals surface area contributed by atoms with Crippen molar-refractivity contribution in [2.24, 2.45) is 5.92 Å². The molecule has 1 N–H and O–H groups in total. The lowest BCUT2D eigenvalue weighted by Crippen LogP contribution is -2.46. The van der Waals surface area contributed by atoms with E-state index in [1.54, 1.807) is 0 Å². The molecule has 0 amide bonds. The van der Waals surface area contributed by atoms with Crippen molar-refractivity contribution < 1.29 is 0 Å². The van der Waals surface area contributed by atoms with Gasteiger partial charge in [-0.25, -0.2) is 0 Å². The van der Waals surface area contributed by atoms with Crippen LogP contribution in [0.4, 0.5) is 0 Å². The summed E-state index contributed by atoms with van der Waals surface area (Å²) >= 11 is 0. The monoisotopic (exact) mass is 279 g/mol. The molecule has 0 aromatic rings. The van der Waals surface area contributed by atoms with Crippen LogP contribution in [0.2, 0.25) is 0 Å². The summed E-state index contributed by atoms with van der Waals surface area (Å²) in [6.45, 7) is 9.72. The summed E-state index contributed by atoms with van der Waals surface area (Å²) in [6, 6.07) is 3.54. The largest absolute Gasteiger partial charge is 0.303 e. The molecule has 20 heavy (non-hydrogen) atoms. The Morgan fingerprint density at radius 3 is 2.55 bits per heavy atom. The fourth-order valence-corrected chi connectivity index (χ4v) is 3.60. The lowest BCUT2D eigenvalue weighted by molar-refractivity contribution is 0.135. The maximum atomic E-state index is 9.36. The molecule has 0 saturated heterocycles. The molecule has 116 valence electrons. The van der Waals surface area contributed by atoms with Crippen molar-refractivity contribution in [2.45, 2.75) is 83.8 Å². The summed E-state index contributed by atoms with van der Waals surface area (Å²) in [5.41, 5.74) is -0.382. The second-order valence-corrected chi connectivity index (χ2v) is 7.16. The summed E-state index contributed by atoms with van der Waals surface area (Å²) in [6.07, 6.45) is 7.51. The van der Waals surface area contributed by atoms with E-state index < -0.39 is 0 Å². The predicted octanol–water partition coefficient (Wildman–Crippen LogP) is 3.56. The Hall–Kier alpha value is -0.590. The molecule has 0 aromatic heterocycles. The van der Waals surface area contributed by atoms with Crippen LogP contribution in [0.5, 0.6) is 0 Å². The van der Waals surface area contributed by atoms with Gasteiger partial charge in [0.05, 0.1) is 6.07 Å². The number of nitrogens with zero attached hydrogens (tertiary/aromatic N) is 2. The van der Waals surface area contributed by atoms with Gasteiger partial charge in [-0.05, 0) is 66.0 Å². The van der Waals surface area contributed by atoms with Crippen molar-refractivity contribution in [2.75, 3.05) is 13.6 Å². The minimum atomic E-state index is -0.382. The first kappa shape index (κ1) is 17.5. The van der Waals surface area contributed by atoms with Gasteiger partial charge in [-0.3, -0.25) is 5.32 Å². The normalized spacial score (nSPS) is 26.5. The molecule has 3 unspecified atom stereocenters. The Labute approximate surface area is 125 Å². The van der Waals surface area contributed by atoms with Crippen LogP contribution in [0.3, 0.4) is 0 Å². The summed E-state index contributed by atoms with van der Waals surface area (Å²) < 4.78 is 0. The molecule has 1 fully saturated rings. The summed E-state index contributed by atoms with van der Waals surface area (Å²) in [5, 5.41) is 12.8. The average Bonchev–Trinajstić information content (AvgIpc) is 2.38. The van der Waals surface area contributed by atoms with Gasteiger partial charge in [0.25, 0.3) is 0 Å². The molecule has 0 bridgehead atoms. The number of nitriles is 1. The van der Waals surface area contributed by atoms with Crippen LogP contribution < -0.4 is 5.32 Å². The van der Waals surface area contributed by atoms with Crippen LogP contribution in [-0.2, 0) is 0 Å². The topological polar surface area (TPSA) is 39.1 Å². The Kier molecular flexibility index (Phi) is 6.99. The number of rotatable bonds is 7. The molecule has 1 aliphatic carbocycles. The molecular weight excluding hydrogens is 246 g/mol. The molecular formula is C17H33N3. The molecule has 1 aliphatic rings. The lowest BCUT2D eigenvalue weighted by Gasteiger charge is -2.37. The van der Waals surface area contributed by atoms with Gasteiger partial charge in [0, 0.05) is 12.1 Å². The third-order valence-electron chi connectivity index (χ3n) is 4.67. The van der Waals surface area contributed by atoms with Crippen LogP contribution in [0.25, 0.3) is 0 Å². The molecule has 0 heterocycles. The highest BCUT2D eigenvalue weighted by Gasteiger charge is 2.27. The Morgan fingerprint density at radius 2 is 2.00 bits per heavy atom. The quantitative estimate of drug-likeness (QED) is 0.774. The van der Waals surface area contributed by atoms with E-state index in [9.17, 15) is 5.26 Å². The third kappa shape index (κ3) is 5.42. The molecule has 3 heteroatoms. The minimum Gasteiger partial charge on any atom is -0.303 e. The van der Waals surface area contributed by atoms with Gasteiger partial charge in [-0.15, -0.1) is 0 Å². The minimum absolute atomic E-state index is 0.357. The van der Waals surface area contributed by atoms with Crippen LogP contribution in [-0.4, -0.2) is 36.1 Å². The van der Waals surface area contributed by atoms with Crippen molar-refractivity contribution in [1.29, 1.82) is 5.26 Å². The number of nitrogens with one attached hydrogen (secondary N) is 1. The van der Waals surface area contributed by atoms with Gasteiger partial charge < -0.3 is 4.90 Å². The second-order valence-electron chi connectivity index (χ2n) is 7.16. The Balaban J connectivity index is 2.37. The molecule has 0 spiro atoms. The van der Waals surface area contributed by atoms with E-state index in [-0.39, 0.29) is 5.54 Å². The van der Waals surface area contributed by atoms with Crippen LogP contribution in [0.1, 0.15) is 66.2 Å². The van der Waals surface area contributed by atoms with E-state index in [4.69, 9.17) is 0 Å². The highest BCUT2D eigenvalue weighted by atomic mass is 15.1. The summed E-state index contributed by atoms with van der Waals surface area (Å²) in [4.78, 5) is 2.52. The van der Waals surface area contributed by atoms with E-state index in [2.05, 4.69) is 44.1 Å². The first-order valence-corrected chi connectivity index (χ1v) is 8.27. The molecule has 3 nitrogen and oxygen atoms in total. The lowest BCUT2D eigenvalue weighted by atomic mass is 9.85. The smallest absolute Gasteiger partial charge is 0.104 e. The van der Waals surface area contributed by atoms with E-state index in [1.165, 1.54) is 25.7 Å². The number of hydrogen-bond donors (Lipinski definition) is 1. The van der Waals surface area contributed by atoms with E-state index in [1.807, 2.05) is 6.92 Å². The second kappa shape index (κ2) is 8.00. The van der Waals surface area contributed by atoms with E-state index in [0.29, 0.717) is 6.04 Å². The summed E-state index contributed by atoms with van der Waals surface area (Å²) in [7, 11) is 2.26. The Bertz CT molecular complexity index is 321. The SMILES string of the molecule is CC(C)NC(C)(C#N)CCCN(C)C1CCCCC1C. The van der Waals surface area contributed by atoms with Crippen LogP contribution in [0.15, 0.2) is 0 Å². The van der Waals surface area contributed by atoms with Crippen LogP contribution in [0, 0.1) is 17.2 Å². The van der Waals surface area contributed by atoms with Gasteiger partial charge in [0.15, 0.2) is 0 Å². The molecule has 1 rings (SSSR count). The zero-order chi connectivity index (χ0) is 15.2. The Morgan fingerprint density at radius 1 is 1.35 bits per heavy atom. The number of hydrogen-bond acceptors (Lipinski definition) is 3. The van der Waals surface area contributed by atoms with Crippen molar-refractivity contribution in [3.63, 3.8) is 0 Å². The van der Waals surface area contributed by atoms with Crippen LogP contribution >= 0.6 is 0 Å². The fourth-order valence-electron chi connectivity index (χ4n) is 3.60. The van der Waals surface area contributed by atoms with Crippen molar-refractivity contribution in [1.82, 2.24) is 10.2 Å². The van der Waals surface area contributed by atoms with Crippen molar-refractivity contribution in [3.05, 3.63) is 0 Å². The predicted molar refractivity (Wildman–Crippen MR) is 85.6 cm³/mol. The van der Waals surface area contributed by atoms with Crippen molar-refractivity contribution >= 4 is 0 Å². The maximum Gasteiger partial charge on any atom is 0.104 e. The van der Waals surface area contributed by atoms with Gasteiger partial charge in [-0.1, -0.05) is 19.8 Å². The standard InChI is InChI=1S/C17H33N3/c1-14(2)19-17(4,13-18)11-8-12-20(5)16-10-7-6-9-15(16)3/h14-16,19H,6-12H2,1-5H3. The van der Waals surface area contributed by atoms with Crippen molar-refractivity contribution in [3.8, 4) is 6.07 Å². The fraction of sp³-hybridized carbons (Fsp3) is 0.941. The van der Waals surface area contributed by atoms with E-state index >= 15 is 0 Å². The molecule has 0 aromatic carbocycles. The third-order valence-corrected chi connectivity index (χ3v) is 4.67. The van der Waals surface area contributed by atoms with Gasteiger partial charge >= 0.3 is 0 Å². The molecule has 3 atom stereocenters. The van der Waals surface area contributed by atoms with E-state index in [0.717, 1.165) is 31.3 Å². The van der Waals surface area contributed by atoms with Gasteiger partial charge in [-0.2, -0.15) is 5.26 Å². The first-order chi connectivity index (χ1) is 9.38. The maximum absolute atomic E-state index is 9.36. The zero-order valence-corrected chi connectivity index (χ0v) is 14.1. The van der Waals surface area contributed by atoms with Gasteiger partial charge in [0.2, 0.25) is 0 Å². The first-order valence-electron chi connectivity index (χ1n) is 8.27. The summed E-state index contributed by atoms with van der Waals surface area (Å²) in [5.74, 6) is 0.824.